The summed E-state index contributed by atoms with van der Waals surface area (Å²) in [6.07, 6.45) is 0. The predicted molar refractivity (Wildman–Crippen MR) is 109 cm³/mol. The fourth-order valence-electron chi connectivity index (χ4n) is 3.80. The molecular formula is C21H24N4O2. The number of benzene rings is 2. The minimum Gasteiger partial charge on any atom is -0.369 e. The Morgan fingerprint density at radius 2 is 1.59 bits per heavy atom. The molecule has 1 aliphatic heterocycles. The highest BCUT2D eigenvalue weighted by molar-refractivity contribution is 5.76. The average molecular weight is 364 g/mol. The van der Waals surface area contributed by atoms with Crippen molar-refractivity contribution in [1.82, 2.24) is 14.5 Å². The van der Waals surface area contributed by atoms with Gasteiger partial charge in [-0.25, -0.2) is 4.79 Å². The number of anilines is 1. The van der Waals surface area contributed by atoms with Crippen LogP contribution in [0.25, 0.3) is 10.9 Å². The van der Waals surface area contributed by atoms with Gasteiger partial charge in [-0.15, -0.1) is 0 Å². The Balaban J connectivity index is 1.47. The summed E-state index contributed by atoms with van der Waals surface area (Å²) in [6, 6.07) is 17.7. The van der Waals surface area contributed by atoms with E-state index in [2.05, 4.69) is 46.0 Å². The largest absolute Gasteiger partial charge is 0.369 e. The Morgan fingerprint density at radius 3 is 2.33 bits per heavy atom. The SMILES string of the molecule is C[C@H](Cn1c(=O)[nH]c2ccccc2c1=O)N1CCN(c2ccccc2)CC1. The van der Waals surface area contributed by atoms with Crippen LogP contribution in [0, 0.1) is 0 Å². The Bertz CT molecular complexity index is 1030. The maximum atomic E-state index is 12.7. The molecule has 0 unspecified atom stereocenters. The first-order valence-corrected chi connectivity index (χ1v) is 9.39. The zero-order chi connectivity index (χ0) is 18.8. The molecule has 0 saturated carbocycles. The molecule has 6 heteroatoms. The lowest BCUT2D eigenvalue weighted by Gasteiger charge is -2.39. The highest BCUT2D eigenvalue weighted by atomic mass is 16.2. The number of nitrogens with one attached hydrogen (secondary N) is 1. The van der Waals surface area contributed by atoms with Crippen LogP contribution in [-0.4, -0.2) is 46.7 Å². The number of fused-ring (bicyclic) bond motifs is 1. The maximum Gasteiger partial charge on any atom is 0.328 e. The minimum atomic E-state index is -0.339. The quantitative estimate of drug-likeness (QED) is 0.768. The van der Waals surface area contributed by atoms with Gasteiger partial charge in [0.15, 0.2) is 0 Å². The van der Waals surface area contributed by atoms with E-state index in [1.807, 2.05) is 18.2 Å². The number of hydrogen-bond acceptors (Lipinski definition) is 4. The molecule has 4 rings (SSSR count). The van der Waals surface area contributed by atoms with Crippen molar-refractivity contribution >= 4 is 16.6 Å². The molecule has 1 fully saturated rings. The fourth-order valence-corrected chi connectivity index (χ4v) is 3.80. The van der Waals surface area contributed by atoms with Gasteiger partial charge in [-0.05, 0) is 31.2 Å². The number of para-hydroxylation sites is 2. The third kappa shape index (κ3) is 3.53. The highest BCUT2D eigenvalue weighted by Crippen LogP contribution is 2.16. The third-order valence-electron chi connectivity index (χ3n) is 5.40. The second kappa shape index (κ2) is 7.40. The predicted octanol–water partition coefficient (Wildman–Crippen LogP) is 1.90. The van der Waals surface area contributed by atoms with Gasteiger partial charge in [0.05, 0.1) is 10.9 Å². The fraction of sp³-hybridized carbons (Fsp3) is 0.333. The van der Waals surface area contributed by atoms with Crippen molar-refractivity contribution in [2.75, 3.05) is 31.1 Å². The van der Waals surface area contributed by atoms with E-state index < -0.39 is 0 Å². The van der Waals surface area contributed by atoms with Gasteiger partial charge < -0.3 is 9.88 Å². The van der Waals surface area contributed by atoms with E-state index >= 15 is 0 Å². The second-order valence-electron chi connectivity index (χ2n) is 7.10. The first-order chi connectivity index (χ1) is 13.1. The topological polar surface area (TPSA) is 61.3 Å². The number of nitrogens with zero attached hydrogens (tertiary/aromatic N) is 3. The van der Waals surface area contributed by atoms with Gasteiger partial charge in [0.25, 0.3) is 5.56 Å². The highest BCUT2D eigenvalue weighted by Gasteiger charge is 2.22. The van der Waals surface area contributed by atoms with Gasteiger partial charge >= 0.3 is 5.69 Å². The van der Waals surface area contributed by atoms with Crippen LogP contribution in [0.4, 0.5) is 5.69 Å². The van der Waals surface area contributed by atoms with Crippen LogP contribution in [0.2, 0.25) is 0 Å². The smallest absolute Gasteiger partial charge is 0.328 e. The first-order valence-electron chi connectivity index (χ1n) is 9.39. The van der Waals surface area contributed by atoms with Crippen molar-refractivity contribution in [2.24, 2.45) is 0 Å². The molecule has 2 aromatic carbocycles. The monoisotopic (exact) mass is 364 g/mol. The molecule has 1 aliphatic rings. The summed E-state index contributed by atoms with van der Waals surface area (Å²) >= 11 is 0. The normalized spacial score (nSPS) is 16.6. The van der Waals surface area contributed by atoms with E-state index in [1.165, 1.54) is 10.3 Å². The Hall–Kier alpha value is -2.86. The molecule has 0 spiro atoms. The van der Waals surface area contributed by atoms with Gasteiger partial charge in [0.1, 0.15) is 0 Å². The van der Waals surface area contributed by atoms with Gasteiger partial charge in [0.2, 0.25) is 0 Å². The van der Waals surface area contributed by atoms with Crippen LogP contribution >= 0.6 is 0 Å². The van der Waals surface area contributed by atoms with Gasteiger partial charge in [0, 0.05) is 44.5 Å². The van der Waals surface area contributed by atoms with Crippen LogP contribution in [0.5, 0.6) is 0 Å². The summed E-state index contributed by atoms with van der Waals surface area (Å²) in [5, 5.41) is 0.554. The van der Waals surface area contributed by atoms with Crippen molar-refractivity contribution in [3.8, 4) is 0 Å². The molecule has 2 heterocycles. The van der Waals surface area contributed by atoms with Gasteiger partial charge in [-0.3, -0.25) is 14.3 Å². The van der Waals surface area contributed by atoms with Gasteiger partial charge in [-0.2, -0.15) is 0 Å². The van der Waals surface area contributed by atoms with E-state index in [-0.39, 0.29) is 17.3 Å². The summed E-state index contributed by atoms with van der Waals surface area (Å²) in [4.78, 5) is 32.6. The average Bonchev–Trinajstić information content (AvgIpc) is 2.72. The molecule has 0 bridgehead atoms. The summed E-state index contributed by atoms with van der Waals surface area (Å²) < 4.78 is 1.33. The first kappa shape index (κ1) is 17.5. The van der Waals surface area contributed by atoms with Crippen molar-refractivity contribution in [3.05, 3.63) is 75.4 Å². The lowest BCUT2D eigenvalue weighted by atomic mass is 10.2. The maximum absolute atomic E-state index is 12.7. The van der Waals surface area contributed by atoms with Crippen LogP contribution in [0.3, 0.4) is 0 Å². The number of piperazine rings is 1. The van der Waals surface area contributed by atoms with Crippen molar-refractivity contribution in [3.63, 3.8) is 0 Å². The Morgan fingerprint density at radius 1 is 0.926 bits per heavy atom. The number of H-pyrrole nitrogens is 1. The number of rotatable bonds is 4. The molecule has 1 saturated heterocycles. The van der Waals surface area contributed by atoms with Crippen molar-refractivity contribution in [1.29, 1.82) is 0 Å². The van der Waals surface area contributed by atoms with Gasteiger partial charge in [-0.1, -0.05) is 30.3 Å². The molecule has 27 heavy (non-hydrogen) atoms. The molecule has 140 valence electrons. The summed E-state index contributed by atoms with van der Waals surface area (Å²) in [6.45, 7) is 6.19. The molecule has 1 N–H and O–H groups in total. The minimum absolute atomic E-state index is 0.114. The Kier molecular flexibility index (Phi) is 4.81. The van der Waals surface area contributed by atoms with E-state index in [4.69, 9.17) is 0 Å². The van der Waals surface area contributed by atoms with E-state index in [0.717, 1.165) is 26.2 Å². The summed E-state index contributed by atoms with van der Waals surface area (Å²) in [7, 11) is 0. The van der Waals surface area contributed by atoms with Crippen LogP contribution in [-0.2, 0) is 6.54 Å². The second-order valence-corrected chi connectivity index (χ2v) is 7.10. The van der Waals surface area contributed by atoms with Crippen LogP contribution in [0.15, 0.2) is 64.2 Å². The molecule has 1 atom stereocenters. The van der Waals surface area contributed by atoms with Crippen LogP contribution < -0.4 is 16.1 Å². The molecule has 0 amide bonds. The van der Waals surface area contributed by atoms with E-state index in [1.54, 1.807) is 12.1 Å². The number of aromatic amines is 1. The lowest BCUT2D eigenvalue weighted by molar-refractivity contribution is 0.178. The van der Waals surface area contributed by atoms with E-state index in [0.29, 0.717) is 17.4 Å². The molecule has 0 aliphatic carbocycles. The molecular weight excluding hydrogens is 340 g/mol. The Labute approximate surface area is 157 Å². The molecule has 0 radical (unpaired) electrons. The zero-order valence-electron chi connectivity index (χ0n) is 15.5. The molecule has 6 nitrogen and oxygen atoms in total. The van der Waals surface area contributed by atoms with Crippen LogP contribution in [0.1, 0.15) is 6.92 Å². The van der Waals surface area contributed by atoms with Crippen molar-refractivity contribution < 1.29 is 0 Å². The molecule has 1 aromatic heterocycles. The molecule has 3 aromatic rings. The lowest BCUT2D eigenvalue weighted by Crippen LogP contribution is -2.52. The zero-order valence-corrected chi connectivity index (χ0v) is 15.5. The summed E-state index contributed by atoms with van der Waals surface area (Å²) in [5.74, 6) is 0. The van der Waals surface area contributed by atoms with Crippen molar-refractivity contribution in [2.45, 2.75) is 19.5 Å². The number of hydrogen-bond donors (Lipinski definition) is 1. The standard InChI is InChI=1S/C21H24N4O2/c1-16(23-11-13-24(14-12-23)17-7-3-2-4-8-17)15-25-20(26)18-9-5-6-10-19(18)22-21(25)27/h2-10,16H,11-15H2,1H3,(H,22,27)/t16-/m1/s1. The summed E-state index contributed by atoms with van der Waals surface area (Å²) in [5.41, 5.74) is 1.28. The number of aromatic nitrogens is 2. The third-order valence-corrected chi connectivity index (χ3v) is 5.40. The van der Waals surface area contributed by atoms with E-state index in [9.17, 15) is 9.59 Å².